The number of nitrogens with two attached hydrogens (primary N) is 1. The minimum atomic E-state index is -0.698. The Morgan fingerprint density at radius 1 is 1.08 bits per heavy atom. The molecule has 1 fully saturated rings. The van der Waals surface area contributed by atoms with Crippen LogP contribution in [0.2, 0.25) is 0 Å². The van der Waals surface area contributed by atoms with Crippen LogP contribution in [0.15, 0.2) is 12.1 Å². The Morgan fingerprint density at radius 2 is 1.67 bits per heavy atom. The maximum absolute atomic E-state index is 12.9. The van der Waals surface area contributed by atoms with Crippen LogP contribution >= 0.6 is 0 Å². The van der Waals surface area contributed by atoms with E-state index in [-0.39, 0.29) is 18.5 Å². The molecule has 2 unspecified atom stereocenters. The molecule has 1 amide bonds. The molecule has 0 saturated carbocycles. The van der Waals surface area contributed by atoms with Crippen molar-refractivity contribution < 1.29 is 28.5 Å². The maximum Gasteiger partial charge on any atom is 0.328 e. The normalized spacial score (nSPS) is 19.8. The van der Waals surface area contributed by atoms with Gasteiger partial charge in [-0.25, -0.2) is 4.79 Å². The van der Waals surface area contributed by atoms with E-state index in [0.717, 1.165) is 0 Å². The molecule has 0 aliphatic carbocycles. The highest BCUT2D eigenvalue weighted by Gasteiger charge is 2.39. The van der Waals surface area contributed by atoms with Gasteiger partial charge in [0.25, 0.3) is 5.91 Å². The number of nitrogens with zero attached hydrogens (tertiary/aromatic N) is 1. The highest BCUT2D eigenvalue weighted by Crippen LogP contribution is 2.38. The number of carbonyl (C=O) groups excluding carboxylic acids is 2. The van der Waals surface area contributed by atoms with E-state index in [1.165, 1.54) is 33.3 Å². The van der Waals surface area contributed by atoms with E-state index in [4.69, 9.17) is 24.7 Å². The predicted octanol–water partition coefficient (Wildman–Crippen LogP) is 0.427. The van der Waals surface area contributed by atoms with Crippen molar-refractivity contribution in [2.24, 2.45) is 5.73 Å². The molecule has 0 bridgehead atoms. The summed E-state index contributed by atoms with van der Waals surface area (Å²) in [7, 11) is 5.70. The van der Waals surface area contributed by atoms with Crippen LogP contribution in [-0.4, -0.2) is 63.8 Å². The van der Waals surface area contributed by atoms with Gasteiger partial charge in [-0.3, -0.25) is 4.79 Å². The van der Waals surface area contributed by atoms with Crippen molar-refractivity contribution in [3.63, 3.8) is 0 Å². The third-order valence-electron chi connectivity index (χ3n) is 3.98. The van der Waals surface area contributed by atoms with Crippen molar-refractivity contribution in [1.82, 2.24) is 4.90 Å². The second kappa shape index (κ2) is 7.39. The van der Waals surface area contributed by atoms with Crippen molar-refractivity contribution in [3.05, 3.63) is 17.7 Å². The molecule has 2 atom stereocenters. The number of benzene rings is 1. The van der Waals surface area contributed by atoms with Crippen LogP contribution in [0.5, 0.6) is 17.2 Å². The summed E-state index contributed by atoms with van der Waals surface area (Å²) in [4.78, 5) is 26.2. The predicted molar refractivity (Wildman–Crippen MR) is 85.5 cm³/mol. The van der Waals surface area contributed by atoms with E-state index >= 15 is 0 Å². The molecule has 1 aromatic rings. The van der Waals surface area contributed by atoms with Gasteiger partial charge in [-0.15, -0.1) is 0 Å². The number of hydrogen-bond acceptors (Lipinski definition) is 7. The van der Waals surface area contributed by atoms with Crippen LogP contribution in [0.25, 0.3) is 0 Å². The van der Waals surface area contributed by atoms with Gasteiger partial charge in [-0.2, -0.15) is 0 Å². The average Bonchev–Trinajstić information content (AvgIpc) is 3.00. The fraction of sp³-hybridized carbons (Fsp3) is 0.500. The molecular formula is C16H22N2O6. The van der Waals surface area contributed by atoms with Crippen LogP contribution < -0.4 is 19.9 Å². The maximum atomic E-state index is 12.9. The van der Waals surface area contributed by atoms with Gasteiger partial charge in [0, 0.05) is 18.2 Å². The lowest BCUT2D eigenvalue weighted by molar-refractivity contribution is -0.145. The molecule has 2 rings (SSSR count). The molecule has 0 aromatic heterocycles. The lowest BCUT2D eigenvalue weighted by Gasteiger charge is -2.23. The first-order valence-corrected chi connectivity index (χ1v) is 7.41. The second-order valence-electron chi connectivity index (χ2n) is 5.41. The zero-order valence-corrected chi connectivity index (χ0v) is 14.2. The minimum Gasteiger partial charge on any atom is -0.493 e. The monoisotopic (exact) mass is 338 g/mol. The third kappa shape index (κ3) is 3.23. The zero-order chi connectivity index (χ0) is 17.9. The van der Waals surface area contributed by atoms with E-state index in [1.807, 2.05) is 0 Å². The van der Waals surface area contributed by atoms with E-state index in [2.05, 4.69) is 0 Å². The van der Waals surface area contributed by atoms with E-state index in [1.54, 1.807) is 12.1 Å². The van der Waals surface area contributed by atoms with Gasteiger partial charge in [0.1, 0.15) is 6.04 Å². The van der Waals surface area contributed by atoms with Gasteiger partial charge in [0.2, 0.25) is 5.75 Å². The molecule has 1 saturated heterocycles. The van der Waals surface area contributed by atoms with Gasteiger partial charge in [0.15, 0.2) is 11.5 Å². The van der Waals surface area contributed by atoms with Crippen molar-refractivity contribution in [2.75, 3.05) is 35.0 Å². The molecule has 2 N–H and O–H groups in total. The number of likely N-dealkylation sites (tertiary alicyclic amines) is 1. The molecular weight excluding hydrogens is 316 g/mol. The summed E-state index contributed by atoms with van der Waals surface area (Å²) in [6.45, 7) is 0.273. The number of rotatable bonds is 5. The Bertz CT molecular complexity index is 608. The standard InChI is InChI=1S/C16H22N2O6/c1-21-12-5-9(6-13(22-2)14(12)23-3)15(19)18-8-10(17)7-11(18)16(20)24-4/h5-6,10-11H,7-8,17H2,1-4H3. The van der Waals surface area contributed by atoms with Gasteiger partial charge in [-0.1, -0.05) is 0 Å². The smallest absolute Gasteiger partial charge is 0.328 e. The lowest BCUT2D eigenvalue weighted by atomic mass is 10.1. The van der Waals surface area contributed by atoms with Crippen LogP contribution in [0, 0.1) is 0 Å². The molecule has 1 aliphatic heterocycles. The number of hydrogen-bond donors (Lipinski definition) is 1. The highest BCUT2D eigenvalue weighted by atomic mass is 16.5. The summed E-state index contributed by atoms with van der Waals surface area (Å²) in [5.41, 5.74) is 6.22. The Labute approximate surface area is 140 Å². The summed E-state index contributed by atoms with van der Waals surface area (Å²) in [6.07, 6.45) is 0.364. The summed E-state index contributed by atoms with van der Waals surface area (Å²) in [6, 6.07) is 2.11. The first-order valence-electron chi connectivity index (χ1n) is 7.41. The minimum absolute atomic E-state index is 0.273. The fourth-order valence-corrected chi connectivity index (χ4v) is 2.82. The number of ether oxygens (including phenoxy) is 4. The number of esters is 1. The third-order valence-corrected chi connectivity index (χ3v) is 3.98. The fourth-order valence-electron chi connectivity index (χ4n) is 2.82. The van der Waals surface area contributed by atoms with Crippen LogP contribution in [-0.2, 0) is 9.53 Å². The van der Waals surface area contributed by atoms with Gasteiger partial charge in [0.05, 0.1) is 28.4 Å². The van der Waals surface area contributed by atoms with Crippen molar-refractivity contribution in [3.8, 4) is 17.2 Å². The van der Waals surface area contributed by atoms with Crippen molar-refractivity contribution in [2.45, 2.75) is 18.5 Å². The number of methoxy groups -OCH3 is 4. The van der Waals surface area contributed by atoms with Crippen LogP contribution in [0.1, 0.15) is 16.8 Å². The highest BCUT2D eigenvalue weighted by molar-refractivity contribution is 5.98. The first kappa shape index (κ1) is 17.9. The topological polar surface area (TPSA) is 100 Å². The van der Waals surface area contributed by atoms with E-state index in [9.17, 15) is 9.59 Å². The van der Waals surface area contributed by atoms with E-state index < -0.39 is 12.0 Å². The molecule has 0 radical (unpaired) electrons. The Hall–Kier alpha value is -2.48. The Morgan fingerprint density at radius 3 is 2.12 bits per heavy atom. The molecule has 1 aliphatic rings. The lowest BCUT2D eigenvalue weighted by Crippen LogP contribution is -2.41. The van der Waals surface area contributed by atoms with Crippen LogP contribution in [0.3, 0.4) is 0 Å². The van der Waals surface area contributed by atoms with Crippen molar-refractivity contribution >= 4 is 11.9 Å². The first-order chi connectivity index (χ1) is 11.5. The molecule has 24 heavy (non-hydrogen) atoms. The largest absolute Gasteiger partial charge is 0.493 e. The molecule has 1 heterocycles. The number of amides is 1. The second-order valence-corrected chi connectivity index (χ2v) is 5.41. The molecule has 8 nitrogen and oxygen atoms in total. The van der Waals surface area contributed by atoms with Gasteiger partial charge in [-0.05, 0) is 18.6 Å². The van der Waals surface area contributed by atoms with Gasteiger partial charge >= 0.3 is 5.97 Å². The van der Waals surface area contributed by atoms with Gasteiger partial charge < -0.3 is 29.6 Å². The summed E-state index contributed by atoms with van der Waals surface area (Å²) in [5.74, 6) is 0.275. The summed E-state index contributed by atoms with van der Waals surface area (Å²) in [5, 5.41) is 0. The Balaban J connectivity index is 2.40. The van der Waals surface area contributed by atoms with Crippen LogP contribution in [0.4, 0.5) is 0 Å². The zero-order valence-electron chi connectivity index (χ0n) is 14.2. The quantitative estimate of drug-likeness (QED) is 0.777. The Kier molecular flexibility index (Phi) is 5.50. The molecule has 1 aromatic carbocycles. The molecule has 0 spiro atoms. The number of carbonyl (C=O) groups is 2. The summed E-state index contributed by atoms with van der Waals surface area (Å²) < 4.78 is 20.5. The molecule has 8 heteroatoms. The van der Waals surface area contributed by atoms with Crippen molar-refractivity contribution in [1.29, 1.82) is 0 Å². The van der Waals surface area contributed by atoms with E-state index in [0.29, 0.717) is 29.2 Å². The summed E-state index contributed by atoms with van der Waals surface area (Å²) >= 11 is 0. The average molecular weight is 338 g/mol. The SMILES string of the molecule is COC(=O)C1CC(N)CN1C(=O)c1cc(OC)c(OC)c(OC)c1. The molecule has 132 valence electrons.